The molecule has 0 aliphatic heterocycles. The van der Waals surface area contributed by atoms with Gasteiger partial charge in [-0.25, -0.2) is 9.37 Å². The maximum Gasteiger partial charge on any atom is 0.128 e. The molecule has 0 fully saturated rings. The second kappa shape index (κ2) is 9.75. The summed E-state index contributed by atoms with van der Waals surface area (Å²) in [6.07, 6.45) is 0. The van der Waals surface area contributed by atoms with Crippen molar-refractivity contribution < 1.29 is 4.39 Å². The molecule has 0 saturated heterocycles. The highest BCUT2D eigenvalue weighted by atomic mass is 35.5. The molecule has 32 heavy (non-hydrogen) atoms. The van der Waals surface area contributed by atoms with Crippen LogP contribution in [0.5, 0.6) is 0 Å². The first-order valence-electron chi connectivity index (χ1n) is 9.80. The molecule has 0 bridgehead atoms. The van der Waals surface area contributed by atoms with Gasteiger partial charge in [0.1, 0.15) is 16.9 Å². The van der Waals surface area contributed by atoms with E-state index in [2.05, 4.69) is 6.07 Å². The van der Waals surface area contributed by atoms with Crippen LogP contribution in [0.1, 0.15) is 16.7 Å². The number of aromatic nitrogens is 1. The minimum atomic E-state index is -0.379. The zero-order valence-corrected chi connectivity index (χ0v) is 19.4. The van der Waals surface area contributed by atoms with Crippen molar-refractivity contribution in [3.8, 4) is 28.5 Å². The van der Waals surface area contributed by atoms with Crippen molar-refractivity contribution in [3.63, 3.8) is 0 Å². The topological polar surface area (TPSA) is 36.7 Å². The molecule has 0 radical (unpaired) electrons. The summed E-state index contributed by atoms with van der Waals surface area (Å²) in [5.41, 5.74) is 5.23. The monoisotopic (exact) mass is 478 g/mol. The van der Waals surface area contributed by atoms with Crippen LogP contribution in [-0.2, 0) is 5.75 Å². The second-order valence-corrected chi connectivity index (χ2v) is 9.02. The van der Waals surface area contributed by atoms with Gasteiger partial charge in [0, 0.05) is 32.5 Å². The molecule has 1 heterocycles. The number of rotatable bonds is 5. The van der Waals surface area contributed by atoms with E-state index in [1.54, 1.807) is 24.3 Å². The van der Waals surface area contributed by atoms with Crippen LogP contribution in [0, 0.1) is 24.1 Å². The fourth-order valence-corrected chi connectivity index (χ4v) is 4.75. The van der Waals surface area contributed by atoms with E-state index in [-0.39, 0.29) is 11.6 Å². The van der Waals surface area contributed by atoms with E-state index in [1.165, 1.54) is 17.8 Å². The fraction of sp³-hybridized carbons (Fsp3) is 0.0769. The Balaban J connectivity index is 1.84. The highest BCUT2D eigenvalue weighted by molar-refractivity contribution is 7.98. The first-order chi connectivity index (χ1) is 15.5. The first-order valence-corrected chi connectivity index (χ1v) is 11.5. The third kappa shape index (κ3) is 4.81. The molecule has 0 unspecified atom stereocenters. The summed E-state index contributed by atoms with van der Waals surface area (Å²) < 4.78 is 14.3. The van der Waals surface area contributed by atoms with Gasteiger partial charge in [-0.15, -0.1) is 11.8 Å². The number of nitriles is 1. The van der Waals surface area contributed by atoms with Gasteiger partial charge < -0.3 is 0 Å². The predicted molar refractivity (Wildman–Crippen MR) is 131 cm³/mol. The zero-order chi connectivity index (χ0) is 22.7. The number of thioether (sulfide) groups is 1. The summed E-state index contributed by atoms with van der Waals surface area (Å²) in [7, 11) is 0. The predicted octanol–water partition coefficient (Wildman–Crippen LogP) is 8.33. The van der Waals surface area contributed by atoms with Crippen molar-refractivity contribution in [2.45, 2.75) is 17.7 Å². The minimum Gasteiger partial charge on any atom is -0.240 e. The Hall–Kier alpha value is -2.84. The lowest BCUT2D eigenvalue weighted by Gasteiger charge is -2.13. The van der Waals surface area contributed by atoms with Crippen molar-refractivity contribution in [1.82, 2.24) is 4.98 Å². The molecule has 4 aromatic rings. The summed E-state index contributed by atoms with van der Waals surface area (Å²) in [5, 5.41) is 11.5. The molecular weight excluding hydrogens is 462 g/mol. The number of hydrogen-bond acceptors (Lipinski definition) is 3. The van der Waals surface area contributed by atoms with Gasteiger partial charge in [-0.2, -0.15) is 5.26 Å². The smallest absolute Gasteiger partial charge is 0.128 e. The van der Waals surface area contributed by atoms with Gasteiger partial charge in [0.05, 0.1) is 11.3 Å². The van der Waals surface area contributed by atoms with E-state index >= 15 is 0 Å². The average Bonchev–Trinajstić information content (AvgIpc) is 2.79. The lowest BCUT2D eigenvalue weighted by Crippen LogP contribution is -1.97. The maximum absolute atomic E-state index is 14.3. The number of pyridine rings is 1. The van der Waals surface area contributed by atoms with Gasteiger partial charge in [0.25, 0.3) is 0 Å². The van der Waals surface area contributed by atoms with Gasteiger partial charge in [0.2, 0.25) is 0 Å². The van der Waals surface area contributed by atoms with Crippen molar-refractivity contribution >= 4 is 35.0 Å². The lowest BCUT2D eigenvalue weighted by atomic mass is 9.98. The summed E-state index contributed by atoms with van der Waals surface area (Å²) >= 11 is 13.5. The average molecular weight is 479 g/mol. The van der Waals surface area contributed by atoms with Gasteiger partial charge in [-0.1, -0.05) is 71.2 Å². The molecule has 3 aromatic carbocycles. The van der Waals surface area contributed by atoms with Crippen LogP contribution in [0.25, 0.3) is 22.4 Å². The van der Waals surface area contributed by atoms with Crippen molar-refractivity contribution in [1.29, 1.82) is 5.26 Å². The van der Waals surface area contributed by atoms with Crippen molar-refractivity contribution in [2.24, 2.45) is 0 Å². The molecule has 0 atom stereocenters. The molecule has 6 heteroatoms. The van der Waals surface area contributed by atoms with Gasteiger partial charge in [-0.05, 0) is 42.8 Å². The van der Waals surface area contributed by atoms with E-state index in [1.807, 2.05) is 49.4 Å². The summed E-state index contributed by atoms with van der Waals surface area (Å²) in [6, 6.07) is 24.2. The Bertz CT molecular complexity index is 1290. The number of hydrogen-bond donors (Lipinski definition) is 0. The standard InChI is InChI=1S/C26H17Cl2FN2S/c1-16-5-7-17(8-6-16)20-13-25(18-9-11-19(27)12-10-18)31-26(21(20)14-30)32-15-22-23(28)3-2-4-24(22)29/h2-13H,15H2,1H3. The minimum absolute atomic E-state index is 0.255. The van der Waals surface area contributed by atoms with Crippen LogP contribution in [0.2, 0.25) is 10.0 Å². The van der Waals surface area contributed by atoms with Crippen molar-refractivity contribution in [3.05, 3.63) is 105 Å². The molecular formula is C26H17Cl2FN2S. The molecule has 0 saturated carbocycles. The van der Waals surface area contributed by atoms with E-state index in [4.69, 9.17) is 28.2 Å². The Morgan fingerprint density at radius 2 is 1.66 bits per heavy atom. The van der Waals surface area contributed by atoms with E-state index in [9.17, 15) is 9.65 Å². The molecule has 158 valence electrons. The van der Waals surface area contributed by atoms with Crippen LogP contribution in [0.15, 0.2) is 77.8 Å². The van der Waals surface area contributed by atoms with Crippen LogP contribution >= 0.6 is 35.0 Å². The second-order valence-electron chi connectivity index (χ2n) is 7.21. The molecule has 4 rings (SSSR count). The summed E-state index contributed by atoms with van der Waals surface area (Å²) in [4.78, 5) is 4.75. The van der Waals surface area contributed by atoms with Gasteiger partial charge >= 0.3 is 0 Å². The highest BCUT2D eigenvalue weighted by Crippen LogP contribution is 2.36. The first kappa shape index (κ1) is 22.4. The highest BCUT2D eigenvalue weighted by Gasteiger charge is 2.17. The molecule has 2 nitrogen and oxygen atoms in total. The molecule has 0 N–H and O–H groups in total. The number of benzene rings is 3. The Morgan fingerprint density at radius 1 is 0.969 bits per heavy atom. The summed E-state index contributed by atoms with van der Waals surface area (Å²) in [5.74, 6) is -0.124. The maximum atomic E-state index is 14.3. The third-order valence-corrected chi connectivity index (χ3v) is 6.62. The largest absolute Gasteiger partial charge is 0.240 e. The molecule has 0 amide bonds. The Morgan fingerprint density at radius 3 is 2.31 bits per heavy atom. The number of halogens is 3. The Labute approximate surface area is 200 Å². The normalized spacial score (nSPS) is 10.7. The number of nitrogens with zero attached hydrogens (tertiary/aromatic N) is 2. The molecule has 0 aliphatic rings. The van der Waals surface area contributed by atoms with E-state index < -0.39 is 0 Å². The summed E-state index contributed by atoms with van der Waals surface area (Å²) in [6.45, 7) is 2.01. The molecule has 1 aromatic heterocycles. The van der Waals surface area contributed by atoms with E-state index in [0.717, 1.165) is 22.3 Å². The van der Waals surface area contributed by atoms with Crippen LogP contribution in [-0.4, -0.2) is 4.98 Å². The van der Waals surface area contributed by atoms with E-state index in [0.29, 0.717) is 31.9 Å². The fourth-order valence-electron chi connectivity index (χ4n) is 3.27. The van der Waals surface area contributed by atoms with Gasteiger partial charge in [-0.3, -0.25) is 0 Å². The van der Waals surface area contributed by atoms with Crippen LogP contribution in [0.3, 0.4) is 0 Å². The zero-order valence-electron chi connectivity index (χ0n) is 17.1. The Kier molecular flexibility index (Phi) is 6.81. The van der Waals surface area contributed by atoms with Crippen LogP contribution < -0.4 is 0 Å². The quantitative estimate of drug-likeness (QED) is 0.270. The molecule has 0 aliphatic carbocycles. The van der Waals surface area contributed by atoms with Crippen LogP contribution in [0.4, 0.5) is 4.39 Å². The SMILES string of the molecule is Cc1ccc(-c2cc(-c3ccc(Cl)cc3)nc(SCc3c(F)cccc3Cl)c2C#N)cc1. The third-order valence-electron chi connectivity index (χ3n) is 5.02. The van der Waals surface area contributed by atoms with Crippen molar-refractivity contribution in [2.75, 3.05) is 0 Å². The molecule has 0 spiro atoms. The number of aryl methyl sites for hydroxylation is 1. The van der Waals surface area contributed by atoms with Gasteiger partial charge in [0.15, 0.2) is 0 Å². The lowest BCUT2D eigenvalue weighted by molar-refractivity contribution is 0.617.